The Balaban J connectivity index is 1.71. The Hall–Kier alpha value is -2.27. The molecule has 0 fully saturated rings. The average molecular weight is 308 g/mol. The van der Waals surface area contributed by atoms with Crippen molar-refractivity contribution < 1.29 is 0 Å². The summed E-state index contributed by atoms with van der Waals surface area (Å²) in [5.74, 6) is 1.82. The van der Waals surface area contributed by atoms with E-state index < -0.39 is 0 Å². The van der Waals surface area contributed by atoms with Crippen molar-refractivity contribution in [2.75, 3.05) is 11.2 Å². The van der Waals surface area contributed by atoms with E-state index in [-0.39, 0.29) is 6.04 Å². The highest BCUT2D eigenvalue weighted by Crippen LogP contribution is 2.32. The van der Waals surface area contributed by atoms with Gasteiger partial charge in [0.15, 0.2) is 5.82 Å². The molecule has 0 bridgehead atoms. The molecule has 1 unspecified atom stereocenters. The minimum Gasteiger partial charge on any atom is -0.314 e. The quantitative estimate of drug-likeness (QED) is 0.785. The summed E-state index contributed by atoms with van der Waals surface area (Å²) >= 11 is 1.74. The molecule has 22 heavy (non-hydrogen) atoms. The first-order valence-electron chi connectivity index (χ1n) is 7.28. The van der Waals surface area contributed by atoms with Gasteiger partial charge in [0.1, 0.15) is 0 Å². The first-order valence-corrected chi connectivity index (χ1v) is 8.26. The van der Waals surface area contributed by atoms with Crippen LogP contribution < -0.4 is 5.43 Å². The van der Waals surface area contributed by atoms with E-state index in [9.17, 15) is 0 Å². The minimum absolute atomic E-state index is 0.262. The van der Waals surface area contributed by atoms with Crippen LogP contribution in [0.2, 0.25) is 0 Å². The lowest BCUT2D eigenvalue weighted by molar-refractivity contribution is 0.663. The maximum atomic E-state index is 4.37. The zero-order chi connectivity index (χ0) is 14.9. The zero-order valence-corrected chi connectivity index (χ0v) is 13.0. The van der Waals surface area contributed by atoms with Crippen molar-refractivity contribution in [2.24, 2.45) is 0 Å². The Morgan fingerprint density at radius 3 is 2.77 bits per heavy atom. The molecule has 0 saturated carbocycles. The van der Waals surface area contributed by atoms with Gasteiger partial charge in [0.05, 0.1) is 6.04 Å². The third-order valence-corrected chi connectivity index (χ3v) is 4.80. The SMILES string of the molecule is Cc1cccc(-c2nnc3n2NC(c2ccccc2)CS3)c1. The normalized spacial score (nSPS) is 16.9. The van der Waals surface area contributed by atoms with E-state index >= 15 is 0 Å². The molecule has 1 atom stereocenters. The van der Waals surface area contributed by atoms with Crippen molar-refractivity contribution in [3.8, 4) is 11.4 Å². The standard InChI is InChI=1S/C17H16N4S/c1-12-6-5-9-14(10-12)16-18-19-17-21(16)20-15(11-22-17)13-7-3-2-4-8-13/h2-10,15,20H,11H2,1H3. The summed E-state index contributed by atoms with van der Waals surface area (Å²) < 4.78 is 2.01. The highest BCUT2D eigenvalue weighted by atomic mass is 32.2. The number of rotatable bonds is 2. The number of nitrogens with zero attached hydrogens (tertiary/aromatic N) is 3. The highest BCUT2D eigenvalue weighted by molar-refractivity contribution is 7.99. The van der Waals surface area contributed by atoms with Crippen LogP contribution in [0.3, 0.4) is 0 Å². The Labute approximate surface area is 133 Å². The molecule has 0 spiro atoms. The van der Waals surface area contributed by atoms with Crippen LogP contribution in [0.15, 0.2) is 59.8 Å². The molecule has 4 rings (SSSR count). The first kappa shape index (κ1) is 13.4. The molecular weight excluding hydrogens is 292 g/mol. The van der Waals surface area contributed by atoms with Crippen molar-refractivity contribution in [3.05, 3.63) is 65.7 Å². The van der Waals surface area contributed by atoms with Crippen molar-refractivity contribution >= 4 is 11.8 Å². The van der Waals surface area contributed by atoms with Crippen molar-refractivity contribution in [1.82, 2.24) is 14.9 Å². The molecule has 1 aromatic heterocycles. The number of nitrogens with one attached hydrogen (secondary N) is 1. The summed E-state index contributed by atoms with van der Waals surface area (Å²) in [5, 5.41) is 9.59. The molecule has 5 heteroatoms. The fraction of sp³-hybridized carbons (Fsp3) is 0.176. The molecule has 0 radical (unpaired) electrons. The number of aromatic nitrogens is 3. The Morgan fingerprint density at radius 2 is 1.95 bits per heavy atom. The van der Waals surface area contributed by atoms with Crippen LogP contribution in [0, 0.1) is 6.92 Å². The fourth-order valence-corrected chi connectivity index (χ4v) is 3.61. The smallest absolute Gasteiger partial charge is 0.210 e. The summed E-state index contributed by atoms with van der Waals surface area (Å²) in [4.78, 5) is 0. The third-order valence-electron chi connectivity index (χ3n) is 3.78. The molecule has 110 valence electrons. The molecule has 0 aliphatic carbocycles. The van der Waals surface area contributed by atoms with Gasteiger partial charge in [-0.05, 0) is 18.6 Å². The molecule has 0 amide bonds. The van der Waals surface area contributed by atoms with Crippen LogP contribution in [0.1, 0.15) is 17.2 Å². The second kappa shape index (κ2) is 5.50. The first-order chi connectivity index (χ1) is 10.8. The Bertz CT molecular complexity index is 797. The number of thioether (sulfide) groups is 1. The molecule has 1 N–H and O–H groups in total. The number of benzene rings is 2. The van der Waals surface area contributed by atoms with Gasteiger partial charge in [-0.2, -0.15) is 0 Å². The van der Waals surface area contributed by atoms with Gasteiger partial charge in [-0.3, -0.25) is 0 Å². The highest BCUT2D eigenvalue weighted by Gasteiger charge is 2.24. The van der Waals surface area contributed by atoms with E-state index in [2.05, 4.69) is 71.1 Å². The fourth-order valence-electron chi connectivity index (χ4n) is 2.66. The molecule has 1 aliphatic rings. The summed E-state index contributed by atoms with van der Waals surface area (Å²) in [6.07, 6.45) is 0. The molecule has 0 saturated heterocycles. The van der Waals surface area contributed by atoms with Crippen LogP contribution in [0.5, 0.6) is 0 Å². The van der Waals surface area contributed by atoms with E-state index in [4.69, 9.17) is 0 Å². The Morgan fingerprint density at radius 1 is 1.09 bits per heavy atom. The van der Waals surface area contributed by atoms with E-state index in [0.29, 0.717) is 0 Å². The third kappa shape index (κ3) is 2.37. The summed E-state index contributed by atoms with van der Waals surface area (Å²) in [7, 11) is 0. The maximum absolute atomic E-state index is 4.37. The van der Waals surface area contributed by atoms with E-state index in [1.54, 1.807) is 11.8 Å². The van der Waals surface area contributed by atoms with Gasteiger partial charge in [0.25, 0.3) is 0 Å². The molecular formula is C17H16N4S. The van der Waals surface area contributed by atoms with E-state index in [1.165, 1.54) is 11.1 Å². The van der Waals surface area contributed by atoms with Gasteiger partial charge < -0.3 is 5.43 Å². The number of fused-ring (bicyclic) bond motifs is 1. The van der Waals surface area contributed by atoms with E-state index in [1.807, 2.05) is 10.7 Å². The van der Waals surface area contributed by atoms with Gasteiger partial charge in [-0.15, -0.1) is 10.2 Å². The number of aryl methyl sites for hydroxylation is 1. The lowest BCUT2D eigenvalue weighted by Crippen LogP contribution is -2.28. The molecule has 4 nitrogen and oxygen atoms in total. The summed E-state index contributed by atoms with van der Waals surface area (Å²) in [6, 6.07) is 19.1. The molecule has 3 aromatic rings. The maximum Gasteiger partial charge on any atom is 0.210 e. The van der Waals surface area contributed by atoms with Gasteiger partial charge in [0.2, 0.25) is 5.16 Å². The predicted octanol–water partition coefficient (Wildman–Crippen LogP) is 3.64. The minimum atomic E-state index is 0.262. The largest absolute Gasteiger partial charge is 0.314 e. The van der Waals surface area contributed by atoms with E-state index in [0.717, 1.165) is 22.3 Å². The predicted molar refractivity (Wildman–Crippen MR) is 89.5 cm³/mol. The van der Waals surface area contributed by atoms with Crippen LogP contribution in [-0.2, 0) is 0 Å². The van der Waals surface area contributed by atoms with Crippen molar-refractivity contribution in [2.45, 2.75) is 18.1 Å². The topological polar surface area (TPSA) is 42.7 Å². The summed E-state index contributed by atoms with van der Waals surface area (Å²) in [6.45, 7) is 2.09. The van der Waals surface area contributed by atoms with Gasteiger partial charge >= 0.3 is 0 Å². The van der Waals surface area contributed by atoms with Crippen molar-refractivity contribution in [1.29, 1.82) is 0 Å². The monoisotopic (exact) mass is 308 g/mol. The van der Waals surface area contributed by atoms with Crippen LogP contribution in [-0.4, -0.2) is 20.6 Å². The second-order valence-corrected chi connectivity index (χ2v) is 6.40. The zero-order valence-electron chi connectivity index (χ0n) is 12.2. The van der Waals surface area contributed by atoms with Crippen LogP contribution in [0.4, 0.5) is 0 Å². The van der Waals surface area contributed by atoms with Crippen LogP contribution >= 0.6 is 11.8 Å². The van der Waals surface area contributed by atoms with Crippen molar-refractivity contribution in [3.63, 3.8) is 0 Å². The molecule has 2 aromatic carbocycles. The van der Waals surface area contributed by atoms with Gasteiger partial charge in [-0.1, -0.05) is 65.9 Å². The Kier molecular flexibility index (Phi) is 3.35. The second-order valence-electron chi connectivity index (χ2n) is 5.41. The average Bonchev–Trinajstić information content (AvgIpc) is 2.99. The van der Waals surface area contributed by atoms with Gasteiger partial charge in [-0.25, -0.2) is 4.68 Å². The molecule has 1 aliphatic heterocycles. The number of hydrogen-bond donors (Lipinski definition) is 1. The lowest BCUT2D eigenvalue weighted by atomic mass is 10.1. The lowest BCUT2D eigenvalue weighted by Gasteiger charge is -2.26. The summed E-state index contributed by atoms with van der Waals surface area (Å²) in [5.41, 5.74) is 7.14. The molecule has 2 heterocycles. The van der Waals surface area contributed by atoms with Gasteiger partial charge in [0, 0.05) is 11.3 Å². The van der Waals surface area contributed by atoms with Crippen LogP contribution in [0.25, 0.3) is 11.4 Å². The number of hydrogen-bond acceptors (Lipinski definition) is 4.